The number of carbonyl (C=O) groups is 1. The third-order valence-electron chi connectivity index (χ3n) is 5.69. The average molecular weight is 648 g/mol. The molecule has 0 spiro atoms. The van der Waals surface area contributed by atoms with Crippen LogP contribution < -0.4 is 20.5 Å². The number of aromatic amines is 1. The van der Waals surface area contributed by atoms with E-state index in [-0.39, 0.29) is 23.3 Å². The lowest BCUT2D eigenvalue weighted by atomic mass is 9.96. The van der Waals surface area contributed by atoms with Gasteiger partial charge in [0.2, 0.25) is 0 Å². The number of hydrogen-bond donors (Lipinski definition) is 1. The van der Waals surface area contributed by atoms with Crippen LogP contribution in [0.3, 0.4) is 0 Å². The Morgan fingerprint density at radius 3 is 2.72 bits per heavy atom. The summed E-state index contributed by atoms with van der Waals surface area (Å²) in [5.74, 6) is -0.124. The van der Waals surface area contributed by atoms with E-state index in [1.165, 1.54) is 22.0 Å². The molecule has 200 valence electrons. The summed E-state index contributed by atoms with van der Waals surface area (Å²) in [5, 5.41) is 1.37. The second kappa shape index (κ2) is 11.1. The van der Waals surface area contributed by atoms with E-state index in [4.69, 9.17) is 20.8 Å². The second-order valence-electron chi connectivity index (χ2n) is 8.43. The van der Waals surface area contributed by atoms with Crippen molar-refractivity contribution in [2.24, 2.45) is 4.99 Å². The van der Waals surface area contributed by atoms with E-state index >= 15 is 0 Å². The van der Waals surface area contributed by atoms with Crippen LogP contribution in [-0.2, 0) is 9.53 Å². The summed E-state index contributed by atoms with van der Waals surface area (Å²) < 4.78 is 13.8. The fourth-order valence-electron chi connectivity index (χ4n) is 4.08. The number of hydrogen-bond acceptors (Lipinski definition) is 9. The molecule has 5 rings (SSSR count). The number of fused-ring (bicyclic) bond motifs is 1. The standard InChI is InChI=1S/C26H20BrClN4O5S2/c1-4-36-23(35)20-13(3)30-26-32(21(20)14-5-7-15(28)8-6-14)22(34)18(38-26)11-16-10-17(27)24(37-16)39-25-29-12(2)9-19(33)31-25/h5-11,21H,4H2,1-3H3,(H,29,31,33)/b18-11+/t21-/m1/s1. The number of furan rings is 1. The molecule has 9 nitrogen and oxygen atoms in total. The molecular formula is C26H20BrClN4O5S2. The third kappa shape index (κ3) is 5.60. The minimum atomic E-state index is -0.738. The number of ether oxygens (including phenoxy) is 1. The number of thiazole rings is 1. The first-order chi connectivity index (χ1) is 18.6. The zero-order valence-corrected chi connectivity index (χ0v) is 24.8. The lowest BCUT2D eigenvalue weighted by molar-refractivity contribution is -0.139. The fourth-order valence-corrected chi connectivity index (χ4v) is 6.59. The van der Waals surface area contributed by atoms with E-state index in [1.54, 1.807) is 57.2 Å². The predicted octanol–water partition coefficient (Wildman–Crippen LogP) is 4.35. The highest BCUT2D eigenvalue weighted by Crippen LogP contribution is 2.35. The van der Waals surface area contributed by atoms with Gasteiger partial charge in [0.15, 0.2) is 15.1 Å². The first-order valence-electron chi connectivity index (χ1n) is 11.6. The van der Waals surface area contributed by atoms with E-state index in [1.807, 2.05) is 0 Å². The van der Waals surface area contributed by atoms with Crippen molar-refractivity contribution < 1.29 is 13.9 Å². The highest BCUT2D eigenvalue weighted by atomic mass is 79.9. The highest BCUT2D eigenvalue weighted by Gasteiger charge is 2.33. The van der Waals surface area contributed by atoms with Crippen LogP contribution in [0.15, 0.2) is 81.4 Å². The number of rotatable bonds is 6. The van der Waals surface area contributed by atoms with Gasteiger partial charge >= 0.3 is 5.97 Å². The molecule has 0 saturated heterocycles. The molecule has 0 unspecified atom stereocenters. The highest BCUT2D eigenvalue weighted by molar-refractivity contribution is 9.10. The molecule has 0 radical (unpaired) electrons. The maximum Gasteiger partial charge on any atom is 0.338 e. The molecule has 1 aliphatic rings. The number of aryl methyl sites for hydroxylation is 1. The quantitative estimate of drug-likeness (QED) is 0.244. The molecule has 0 saturated carbocycles. The van der Waals surface area contributed by atoms with Crippen molar-refractivity contribution in [3.63, 3.8) is 0 Å². The Labute approximate surface area is 243 Å². The number of esters is 1. The third-order valence-corrected chi connectivity index (χ3v) is 8.65. The monoisotopic (exact) mass is 646 g/mol. The number of allylic oxidation sites excluding steroid dienone is 1. The van der Waals surface area contributed by atoms with Gasteiger partial charge in [-0.3, -0.25) is 14.2 Å². The summed E-state index contributed by atoms with van der Waals surface area (Å²) in [5.41, 5.74) is 1.44. The van der Waals surface area contributed by atoms with Crippen LogP contribution in [0.2, 0.25) is 5.02 Å². The lowest BCUT2D eigenvalue weighted by Gasteiger charge is -2.24. The molecule has 0 fully saturated rings. The van der Waals surface area contributed by atoms with Gasteiger partial charge < -0.3 is 14.1 Å². The van der Waals surface area contributed by atoms with Gasteiger partial charge in [-0.05, 0) is 72.2 Å². The fraction of sp³-hybridized carbons (Fsp3) is 0.192. The minimum absolute atomic E-state index is 0.188. The molecule has 13 heteroatoms. The number of halogens is 2. The van der Waals surface area contributed by atoms with Crippen molar-refractivity contribution >= 4 is 62.7 Å². The van der Waals surface area contributed by atoms with Crippen LogP contribution >= 0.6 is 50.6 Å². The second-order valence-corrected chi connectivity index (χ2v) is 11.7. The predicted molar refractivity (Wildman–Crippen MR) is 152 cm³/mol. The summed E-state index contributed by atoms with van der Waals surface area (Å²) >= 11 is 11.9. The van der Waals surface area contributed by atoms with Crippen molar-refractivity contribution in [1.82, 2.24) is 14.5 Å². The largest absolute Gasteiger partial charge is 0.463 e. The maximum absolute atomic E-state index is 13.7. The van der Waals surface area contributed by atoms with Crippen LogP contribution in [0.25, 0.3) is 6.08 Å². The van der Waals surface area contributed by atoms with Gasteiger partial charge in [0.1, 0.15) is 5.76 Å². The summed E-state index contributed by atoms with van der Waals surface area (Å²) in [6.45, 7) is 5.37. The van der Waals surface area contributed by atoms with Crippen molar-refractivity contribution in [3.05, 3.63) is 104 Å². The Morgan fingerprint density at radius 1 is 1.28 bits per heavy atom. The van der Waals surface area contributed by atoms with Gasteiger partial charge in [-0.2, -0.15) is 0 Å². The summed E-state index contributed by atoms with van der Waals surface area (Å²) in [6.07, 6.45) is 1.62. The number of nitrogens with zero attached hydrogens (tertiary/aromatic N) is 3. The van der Waals surface area contributed by atoms with Crippen molar-refractivity contribution in [2.75, 3.05) is 6.61 Å². The van der Waals surface area contributed by atoms with Crippen LogP contribution in [-0.4, -0.2) is 27.1 Å². The van der Waals surface area contributed by atoms with Gasteiger partial charge in [0.25, 0.3) is 11.1 Å². The molecule has 1 atom stereocenters. The molecule has 3 aromatic heterocycles. The van der Waals surface area contributed by atoms with Crippen LogP contribution in [0.5, 0.6) is 0 Å². The first kappa shape index (κ1) is 27.4. The van der Waals surface area contributed by atoms with Crippen LogP contribution in [0.4, 0.5) is 0 Å². The number of nitrogens with one attached hydrogen (secondary N) is 1. The molecular weight excluding hydrogens is 628 g/mol. The number of benzene rings is 1. The van der Waals surface area contributed by atoms with Gasteiger partial charge in [-0.25, -0.2) is 14.8 Å². The Bertz CT molecular complexity index is 1870. The van der Waals surface area contributed by atoms with E-state index in [0.717, 1.165) is 11.8 Å². The van der Waals surface area contributed by atoms with Crippen molar-refractivity contribution in [3.8, 4) is 0 Å². The minimum Gasteiger partial charge on any atom is -0.463 e. The normalized spacial score (nSPS) is 15.3. The molecule has 0 amide bonds. The SMILES string of the molecule is CCOC(=O)C1=C(C)N=c2s/c(=C/c3cc(Br)c(Sc4nc(C)cc(=O)[nH]4)o3)c(=O)n2[C@@H]1c1ccc(Cl)cc1. The zero-order valence-electron chi connectivity index (χ0n) is 20.8. The molecule has 4 aromatic rings. The van der Waals surface area contributed by atoms with Crippen LogP contribution in [0, 0.1) is 6.92 Å². The van der Waals surface area contributed by atoms with Crippen LogP contribution in [0.1, 0.15) is 36.9 Å². The topological polar surface area (TPSA) is 120 Å². The Balaban J connectivity index is 1.60. The Kier molecular flexibility index (Phi) is 7.81. The number of aromatic nitrogens is 3. The molecule has 0 bridgehead atoms. The van der Waals surface area contributed by atoms with Crippen molar-refractivity contribution in [2.45, 2.75) is 37.1 Å². The van der Waals surface area contributed by atoms with Gasteiger partial charge in [-0.1, -0.05) is 35.1 Å². The zero-order chi connectivity index (χ0) is 27.8. The van der Waals surface area contributed by atoms with E-state index in [0.29, 0.717) is 51.8 Å². The maximum atomic E-state index is 13.7. The molecule has 1 N–H and O–H groups in total. The van der Waals surface area contributed by atoms with E-state index < -0.39 is 12.0 Å². The number of carbonyl (C=O) groups excluding carboxylic acids is 1. The molecule has 39 heavy (non-hydrogen) atoms. The summed E-state index contributed by atoms with van der Waals surface area (Å²) in [4.78, 5) is 50.5. The Morgan fingerprint density at radius 2 is 2.03 bits per heavy atom. The lowest BCUT2D eigenvalue weighted by Crippen LogP contribution is -2.39. The Hall–Kier alpha value is -3.19. The molecule has 4 heterocycles. The smallest absolute Gasteiger partial charge is 0.338 e. The van der Waals surface area contributed by atoms with Gasteiger partial charge in [-0.15, -0.1) is 0 Å². The number of H-pyrrole nitrogens is 1. The van der Waals surface area contributed by atoms with Gasteiger partial charge in [0.05, 0.1) is 32.9 Å². The summed E-state index contributed by atoms with van der Waals surface area (Å²) in [7, 11) is 0. The molecule has 0 aliphatic carbocycles. The van der Waals surface area contributed by atoms with Crippen molar-refractivity contribution in [1.29, 1.82) is 0 Å². The summed E-state index contributed by atoms with van der Waals surface area (Å²) in [6, 6.07) is 9.36. The van der Waals surface area contributed by atoms with Gasteiger partial charge in [0, 0.05) is 22.9 Å². The molecule has 1 aliphatic heterocycles. The molecule has 1 aromatic carbocycles. The first-order valence-corrected chi connectivity index (χ1v) is 14.4. The average Bonchev–Trinajstić information content (AvgIpc) is 3.36. The van der Waals surface area contributed by atoms with E-state index in [9.17, 15) is 14.4 Å². The van der Waals surface area contributed by atoms with E-state index in [2.05, 4.69) is 30.9 Å².